The highest BCUT2D eigenvalue weighted by Crippen LogP contribution is 2.45. The number of rotatable bonds is 13. The summed E-state index contributed by atoms with van der Waals surface area (Å²) in [7, 11) is -2.61. The molecule has 0 aromatic heterocycles. The zero-order valence-corrected chi connectivity index (χ0v) is 26.9. The van der Waals surface area contributed by atoms with Crippen molar-refractivity contribution in [3.05, 3.63) is 96.1 Å². The molecular formula is C36H45NO6Si. The Kier molecular flexibility index (Phi) is 10.0. The predicted octanol–water partition coefficient (Wildman–Crippen LogP) is 4.09. The molecule has 3 aromatic rings. The van der Waals surface area contributed by atoms with Crippen LogP contribution in [0, 0.1) is 11.8 Å². The first-order valence-corrected chi connectivity index (χ1v) is 17.7. The summed E-state index contributed by atoms with van der Waals surface area (Å²) in [5.74, 6) is -2.07. The number of aliphatic carboxylic acids is 1. The summed E-state index contributed by atoms with van der Waals surface area (Å²) in [6.45, 7) is 6.85. The molecule has 0 saturated carbocycles. The molecule has 0 spiro atoms. The summed E-state index contributed by atoms with van der Waals surface area (Å²) in [5, 5.41) is 23.8. The first kappa shape index (κ1) is 32.1. The van der Waals surface area contributed by atoms with E-state index in [2.05, 4.69) is 105 Å². The summed E-state index contributed by atoms with van der Waals surface area (Å²) in [6, 6.07) is 28.4. The van der Waals surface area contributed by atoms with E-state index in [0.717, 1.165) is 25.7 Å². The fraction of sp³-hybridized carbons (Fsp3) is 0.444. The summed E-state index contributed by atoms with van der Waals surface area (Å²) < 4.78 is 13.3. The zero-order chi connectivity index (χ0) is 31.3. The van der Waals surface area contributed by atoms with Gasteiger partial charge in [0.25, 0.3) is 8.32 Å². The van der Waals surface area contributed by atoms with Gasteiger partial charge in [0.1, 0.15) is 6.04 Å². The molecule has 1 amide bonds. The van der Waals surface area contributed by atoms with E-state index in [0.29, 0.717) is 13.0 Å². The van der Waals surface area contributed by atoms with Crippen molar-refractivity contribution in [2.75, 3.05) is 13.2 Å². The third-order valence-electron chi connectivity index (χ3n) is 9.42. The van der Waals surface area contributed by atoms with Gasteiger partial charge < -0.3 is 24.7 Å². The van der Waals surface area contributed by atoms with Gasteiger partial charge in [0.15, 0.2) is 0 Å². The van der Waals surface area contributed by atoms with Crippen LogP contribution in [-0.4, -0.2) is 61.9 Å². The Labute approximate surface area is 261 Å². The lowest BCUT2D eigenvalue weighted by atomic mass is 9.75. The van der Waals surface area contributed by atoms with Gasteiger partial charge in [-0.05, 0) is 58.6 Å². The topological polar surface area (TPSA) is 105 Å². The number of aliphatic hydroxyl groups is 1. The summed E-state index contributed by atoms with van der Waals surface area (Å²) in [4.78, 5) is 24.7. The van der Waals surface area contributed by atoms with Crippen molar-refractivity contribution in [3.8, 4) is 0 Å². The molecule has 3 aromatic carbocycles. The average molecular weight is 616 g/mol. The maximum absolute atomic E-state index is 13.2. The third-order valence-corrected chi connectivity index (χ3v) is 14.5. The Bertz CT molecular complexity index is 1370. The van der Waals surface area contributed by atoms with Gasteiger partial charge in [-0.15, -0.1) is 0 Å². The molecule has 7 nitrogen and oxygen atoms in total. The van der Waals surface area contributed by atoms with Crippen LogP contribution in [0.3, 0.4) is 0 Å². The van der Waals surface area contributed by atoms with Crippen molar-refractivity contribution in [3.63, 3.8) is 0 Å². The molecule has 8 heteroatoms. The van der Waals surface area contributed by atoms with E-state index in [1.807, 2.05) is 6.07 Å². The first-order valence-electron chi connectivity index (χ1n) is 15.8. The molecule has 0 radical (unpaired) electrons. The highest BCUT2D eigenvalue weighted by Gasteiger charge is 2.53. The molecule has 3 N–H and O–H groups in total. The quantitative estimate of drug-likeness (QED) is 0.198. The second-order valence-electron chi connectivity index (χ2n) is 13.2. The number of carboxylic acid groups (broad SMARTS) is 1. The maximum atomic E-state index is 13.2. The van der Waals surface area contributed by atoms with Crippen LogP contribution >= 0.6 is 0 Å². The molecular weight excluding hydrogens is 570 g/mol. The highest BCUT2D eigenvalue weighted by atomic mass is 28.4. The number of fused-ring (bicyclic) bond motifs is 2. The van der Waals surface area contributed by atoms with E-state index >= 15 is 0 Å². The lowest BCUT2D eigenvalue weighted by molar-refractivity contribution is -0.144. The van der Waals surface area contributed by atoms with Crippen molar-refractivity contribution >= 4 is 30.6 Å². The summed E-state index contributed by atoms with van der Waals surface area (Å²) in [6.07, 6.45) is 3.83. The molecule has 44 heavy (non-hydrogen) atoms. The Morgan fingerprint density at radius 3 is 2.05 bits per heavy atom. The van der Waals surface area contributed by atoms with Crippen molar-refractivity contribution in [2.24, 2.45) is 11.8 Å². The van der Waals surface area contributed by atoms with Gasteiger partial charge in [-0.2, -0.15) is 0 Å². The zero-order valence-electron chi connectivity index (χ0n) is 25.9. The number of carboxylic acids is 1. The van der Waals surface area contributed by atoms with Crippen molar-refractivity contribution in [1.82, 2.24) is 5.32 Å². The largest absolute Gasteiger partial charge is 0.480 e. The average Bonchev–Trinajstić information content (AvgIpc) is 3.63. The molecule has 5 atom stereocenters. The van der Waals surface area contributed by atoms with Gasteiger partial charge in [-0.1, -0.05) is 106 Å². The van der Waals surface area contributed by atoms with E-state index in [1.165, 1.54) is 21.5 Å². The molecule has 2 fully saturated rings. The number of aliphatic hydroxyl groups excluding tert-OH is 1. The number of hydrogen-bond acceptors (Lipinski definition) is 5. The minimum atomic E-state index is -2.61. The van der Waals surface area contributed by atoms with E-state index in [-0.39, 0.29) is 29.1 Å². The normalized spacial score (nSPS) is 22.1. The second kappa shape index (κ2) is 13.8. The van der Waals surface area contributed by atoms with E-state index in [9.17, 15) is 19.8 Å². The van der Waals surface area contributed by atoms with Gasteiger partial charge in [-0.25, -0.2) is 4.79 Å². The van der Waals surface area contributed by atoms with Gasteiger partial charge in [-0.3, -0.25) is 4.79 Å². The molecule has 2 aliphatic rings. The minimum absolute atomic E-state index is 0.0281. The Morgan fingerprint density at radius 2 is 1.48 bits per heavy atom. The minimum Gasteiger partial charge on any atom is -0.480 e. The fourth-order valence-electron chi connectivity index (χ4n) is 7.35. The Balaban J connectivity index is 1.31. The van der Waals surface area contributed by atoms with Gasteiger partial charge >= 0.3 is 5.97 Å². The van der Waals surface area contributed by atoms with Crippen LogP contribution in [0.1, 0.15) is 51.2 Å². The SMILES string of the molecule is CC(C)(C)[Si](OCCCc1ccccc1CC1C2CCC(O2)C1C(=O)NC(CO)C(=O)O)(c1ccccc1)c1ccccc1. The van der Waals surface area contributed by atoms with Crippen LogP contribution in [0.5, 0.6) is 0 Å². The smallest absolute Gasteiger partial charge is 0.328 e. The molecule has 2 heterocycles. The van der Waals surface area contributed by atoms with Crippen molar-refractivity contribution in [2.45, 2.75) is 76.2 Å². The molecule has 5 unspecified atom stereocenters. The second-order valence-corrected chi connectivity index (χ2v) is 17.5. The Morgan fingerprint density at radius 1 is 0.909 bits per heavy atom. The number of hydrogen-bond donors (Lipinski definition) is 3. The van der Waals surface area contributed by atoms with Crippen LogP contribution < -0.4 is 15.7 Å². The van der Waals surface area contributed by atoms with E-state index < -0.39 is 32.9 Å². The summed E-state index contributed by atoms with van der Waals surface area (Å²) >= 11 is 0. The van der Waals surface area contributed by atoms with Crippen molar-refractivity contribution < 1.29 is 29.0 Å². The van der Waals surface area contributed by atoms with Crippen molar-refractivity contribution in [1.29, 1.82) is 0 Å². The molecule has 234 valence electrons. The standard InChI is InChI=1S/C36H45NO6Si/c1-36(2,3)44(27-16-6-4-7-17-27,28-18-8-5-9-19-28)42-22-12-15-25-13-10-11-14-26(25)23-29-31-20-21-32(43-31)33(29)34(39)37-30(24-38)35(40)41/h4-11,13-14,16-19,29-33,38H,12,15,20-24H2,1-3H3,(H,37,39)(H,40,41). The number of aryl methyl sites for hydroxylation is 1. The summed E-state index contributed by atoms with van der Waals surface area (Å²) in [5.41, 5.74) is 2.42. The molecule has 2 saturated heterocycles. The Hall–Kier alpha value is -3.30. The molecule has 2 bridgehead atoms. The van der Waals surface area contributed by atoms with Crippen LogP contribution in [0.2, 0.25) is 5.04 Å². The number of benzene rings is 3. The molecule has 2 aliphatic heterocycles. The molecule has 5 rings (SSSR count). The lowest BCUT2D eigenvalue weighted by Crippen LogP contribution is -2.66. The number of carbonyl (C=O) groups is 2. The van der Waals surface area contributed by atoms with Gasteiger partial charge in [0.2, 0.25) is 5.91 Å². The monoisotopic (exact) mass is 615 g/mol. The van der Waals surface area contributed by atoms with Crippen LogP contribution in [0.15, 0.2) is 84.9 Å². The van der Waals surface area contributed by atoms with Crippen LogP contribution in [0.25, 0.3) is 0 Å². The first-order chi connectivity index (χ1) is 21.2. The lowest BCUT2D eigenvalue weighted by Gasteiger charge is -2.43. The number of ether oxygens (including phenoxy) is 1. The van der Waals surface area contributed by atoms with Crippen LogP contribution in [-0.2, 0) is 31.6 Å². The predicted molar refractivity (Wildman–Crippen MR) is 174 cm³/mol. The van der Waals surface area contributed by atoms with E-state index in [1.54, 1.807) is 0 Å². The van der Waals surface area contributed by atoms with Gasteiger partial charge in [0, 0.05) is 12.5 Å². The van der Waals surface area contributed by atoms with Gasteiger partial charge in [0.05, 0.1) is 24.7 Å². The fourth-order valence-corrected chi connectivity index (χ4v) is 12.0. The number of nitrogens with one attached hydrogen (secondary N) is 1. The molecule has 0 aliphatic carbocycles. The third kappa shape index (κ3) is 6.54. The highest BCUT2D eigenvalue weighted by molar-refractivity contribution is 6.99. The maximum Gasteiger partial charge on any atom is 0.328 e. The number of amides is 1. The number of carbonyl (C=O) groups excluding carboxylic acids is 1. The van der Waals surface area contributed by atoms with E-state index in [4.69, 9.17) is 9.16 Å². The van der Waals surface area contributed by atoms with Crippen LogP contribution in [0.4, 0.5) is 0 Å².